The van der Waals surface area contributed by atoms with Gasteiger partial charge >= 0.3 is 0 Å². The molecular formula is C22H30ClNO. The number of hydrogen-bond donors (Lipinski definition) is 0. The molecule has 2 nitrogen and oxygen atoms in total. The van der Waals surface area contributed by atoms with Gasteiger partial charge in [-0.2, -0.15) is 0 Å². The zero-order valence-corrected chi connectivity index (χ0v) is 16.8. The van der Waals surface area contributed by atoms with Gasteiger partial charge < -0.3 is 4.74 Å². The Hall–Kier alpha value is -1.51. The second-order valence-electron chi connectivity index (χ2n) is 6.90. The molecule has 0 bridgehead atoms. The van der Waals surface area contributed by atoms with Crippen molar-refractivity contribution in [2.45, 2.75) is 51.6 Å². The van der Waals surface area contributed by atoms with Crippen molar-refractivity contribution in [2.24, 2.45) is 0 Å². The fourth-order valence-electron chi connectivity index (χ4n) is 3.44. The molecule has 0 aliphatic carbocycles. The number of benzene rings is 2. The Morgan fingerprint density at radius 2 is 1.72 bits per heavy atom. The molecule has 0 aliphatic heterocycles. The van der Waals surface area contributed by atoms with E-state index in [1.807, 2.05) is 6.92 Å². The minimum atomic E-state index is 0.0239. The lowest BCUT2D eigenvalue weighted by Crippen LogP contribution is -2.37. The largest absolute Gasteiger partial charge is 0.496 e. The SMILES string of the molecule is COc1ccc(C)cc1C(CCN(C(C)C)C(C)Cl)c1ccccc1. The summed E-state index contributed by atoms with van der Waals surface area (Å²) in [5, 5.41) is 0. The topological polar surface area (TPSA) is 12.5 Å². The molecule has 0 spiro atoms. The van der Waals surface area contributed by atoms with Gasteiger partial charge in [-0.15, -0.1) is 11.6 Å². The van der Waals surface area contributed by atoms with E-state index in [-0.39, 0.29) is 11.4 Å². The molecule has 25 heavy (non-hydrogen) atoms. The van der Waals surface area contributed by atoms with Crippen LogP contribution >= 0.6 is 11.6 Å². The first-order chi connectivity index (χ1) is 11.9. The predicted molar refractivity (Wildman–Crippen MR) is 108 cm³/mol. The van der Waals surface area contributed by atoms with Crippen LogP contribution in [0.3, 0.4) is 0 Å². The molecule has 2 aromatic rings. The molecule has 2 atom stereocenters. The van der Waals surface area contributed by atoms with Gasteiger partial charge in [0.25, 0.3) is 0 Å². The highest BCUT2D eigenvalue weighted by molar-refractivity contribution is 6.20. The Balaban J connectivity index is 2.37. The molecule has 136 valence electrons. The molecule has 3 heteroatoms. The van der Waals surface area contributed by atoms with Gasteiger partial charge in [0, 0.05) is 24.1 Å². The molecule has 0 fully saturated rings. The number of nitrogens with zero attached hydrogens (tertiary/aromatic N) is 1. The zero-order chi connectivity index (χ0) is 18.4. The van der Waals surface area contributed by atoms with Crippen molar-refractivity contribution < 1.29 is 4.74 Å². The molecule has 0 saturated carbocycles. The van der Waals surface area contributed by atoms with Gasteiger partial charge in [-0.1, -0.05) is 48.0 Å². The summed E-state index contributed by atoms with van der Waals surface area (Å²) in [4.78, 5) is 2.33. The van der Waals surface area contributed by atoms with E-state index < -0.39 is 0 Å². The molecule has 0 saturated heterocycles. The van der Waals surface area contributed by atoms with Crippen molar-refractivity contribution in [3.8, 4) is 5.75 Å². The standard InChI is InChI=1S/C22H30ClNO/c1-16(2)24(18(4)23)14-13-20(19-9-7-6-8-10-19)21-15-17(3)11-12-22(21)25-5/h6-12,15-16,18,20H,13-14H2,1-5H3. The number of halogens is 1. The minimum absolute atomic E-state index is 0.0239. The smallest absolute Gasteiger partial charge is 0.122 e. The molecule has 2 rings (SSSR count). The average Bonchev–Trinajstić information content (AvgIpc) is 2.59. The fourth-order valence-corrected chi connectivity index (χ4v) is 3.76. The van der Waals surface area contributed by atoms with Crippen LogP contribution in [0.25, 0.3) is 0 Å². The first-order valence-corrected chi connectivity index (χ1v) is 9.47. The lowest BCUT2D eigenvalue weighted by molar-refractivity contribution is 0.205. The lowest BCUT2D eigenvalue weighted by Gasteiger charge is -2.31. The summed E-state index contributed by atoms with van der Waals surface area (Å²) < 4.78 is 5.66. The van der Waals surface area contributed by atoms with E-state index in [4.69, 9.17) is 16.3 Å². The first kappa shape index (κ1) is 19.8. The van der Waals surface area contributed by atoms with Crippen molar-refractivity contribution in [1.29, 1.82) is 0 Å². The van der Waals surface area contributed by atoms with Gasteiger partial charge in [0.15, 0.2) is 0 Å². The van der Waals surface area contributed by atoms with Crippen LogP contribution in [-0.4, -0.2) is 30.1 Å². The van der Waals surface area contributed by atoms with Gasteiger partial charge in [0.05, 0.1) is 12.6 Å². The third-order valence-electron chi connectivity index (χ3n) is 4.76. The molecular weight excluding hydrogens is 330 g/mol. The van der Waals surface area contributed by atoms with E-state index in [9.17, 15) is 0 Å². The summed E-state index contributed by atoms with van der Waals surface area (Å²) in [5.74, 6) is 1.24. The van der Waals surface area contributed by atoms with E-state index in [1.165, 1.54) is 16.7 Å². The molecule has 0 heterocycles. The lowest BCUT2D eigenvalue weighted by atomic mass is 9.87. The first-order valence-electron chi connectivity index (χ1n) is 9.03. The Morgan fingerprint density at radius 1 is 1.04 bits per heavy atom. The number of ether oxygens (including phenoxy) is 1. The summed E-state index contributed by atoms with van der Waals surface area (Å²) in [5.41, 5.74) is 3.84. The number of hydrogen-bond acceptors (Lipinski definition) is 2. The summed E-state index contributed by atoms with van der Waals surface area (Å²) in [7, 11) is 1.75. The van der Waals surface area contributed by atoms with E-state index in [1.54, 1.807) is 7.11 Å². The quantitative estimate of drug-likeness (QED) is 0.435. The highest BCUT2D eigenvalue weighted by Gasteiger charge is 2.22. The monoisotopic (exact) mass is 359 g/mol. The summed E-state index contributed by atoms with van der Waals surface area (Å²) in [6, 6.07) is 17.5. The number of alkyl halides is 1. The molecule has 0 amide bonds. The second-order valence-corrected chi connectivity index (χ2v) is 7.53. The molecule has 0 N–H and O–H groups in total. The number of aryl methyl sites for hydroxylation is 1. The van der Waals surface area contributed by atoms with Crippen molar-refractivity contribution in [1.82, 2.24) is 4.90 Å². The molecule has 0 aromatic heterocycles. The highest BCUT2D eigenvalue weighted by Crippen LogP contribution is 2.35. The van der Waals surface area contributed by atoms with Crippen LogP contribution < -0.4 is 4.74 Å². The maximum atomic E-state index is 6.40. The summed E-state index contributed by atoms with van der Waals surface area (Å²) >= 11 is 6.40. The number of rotatable bonds is 8. The zero-order valence-electron chi connectivity index (χ0n) is 16.0. The van der Waals surface area contributed by atoms with Crippen molar-refractivity contribution in [3.63, 3.8) is 0 Å². The third kappa shape index (κ3) is 5.23. The maximum Gasteiger partial charge on any atom is 0.122 e. The highest BCUT2D eigenvalue weighted by atomic mass is 35.5. The van der Waals surface area contributed by atoms with Crippen LogP contribution in [0.2, 0.25) is 0 Å². The molecule has 0 aliphatic rings. The van der Waals surface area contributed by atoms with Gasteiger partial charge in [0.2, 0.25) is 0 Å². The van der Waals surface area contributed by atoms with E-state index in [0.717, 1.165) is 18.7 Å². The van der Waals surface area contributed by atoms with Crippen molar-refractivity contribution in [2.75, 3.05) is 13.7 Å². The Kier molecular flexibility index (Phi) is 7.34. The van der Waals surface area contributed by atoms with Crippen molar-refractivity contribution in [3.05, 3.63) is 65.2 Å². The van der Waals surface area contributed by atoms with Gasteiger partial charge in [-0.05, 0) is 45.7 Å². The summed E-state index contributed by atoms with van der Waals surface area (Å²) in [6.07, 6.45) is 0.999. The van der Waals surface area contributed by atoms with Gasteiger partial charge in [-0.25, -0.2) is 0 Å². The van der Waals surface area contributed by atoms with Crippen LogP contribution in [0.15, 0.2) is 48.5 Å². The van der Waals surface area contributed by atoms with Crippen LogP contribution in [0.4, 0.5) is 0 Å². The molecule has 2 unspecified atom stereocenters. The molecule has 2 aromatic carbocycles. The minimum Gasteiger partial charge on any atom is -0.496 e. The normalized spacial score (nSPS) is 13.9. The second kappa shape index (κ2) is 9.26. The van der Waals surface area contributed by atoms with Crippen LogP contribution in [-0.2, 0) is 0 Å². The van der Waals surface area contributed by atoms with Crippen LogP contribution in [0.1, 0.15) is 49.8 Å². The average molecular weight is 360 g/mol. The maximum absolute atomic E-state index is 6.40. The van der Waals surface area contributed by atoms with Crippen molar-refractivity contribution >= 4 is 11.6 Å². The molecule has 0 radical (unpaired) electrons. The fraction of sp³-hybridized carbons (Fsp3) is 0.455. The Bertz CT molecular complexity index is 646. The van der Waals surface area contributed by atoms with E-state index in [0.29, 0.717) is 6.04 Å². The third-order valence-corrected chi connectivity index (χ3v) is 5.01. The Labute approximate surface area is 157 Å². The van der Waals surface area contributed by atoms with Crippen LogP contribution in [0.5, 0.6) is 5.75 Å². The Morgan fingerprint density at radius 3 is 2.28 bits per heavy atom. The van der Waals surface area contributed by atoms with E-state index in [2.05, 4.69) is 74.2 Å². The van der Waals surface area contributed by atoms with E-state index >= 15 is 0 Å². The predicted octanol–water partition coefficient (Wildman–Crippen LogP) is 5.82. The van der Waals surface area contributed by atoms with Gasteiger partial charge in [-0.3, -0.25) is 4.90 Å². The van der Waals surface area contributed by atoms with Crippen LogP contribution in [0, 0.1) is 6.92 Å². The van der Waals surface area contributed by atoms with Gasteiger partial charge in [0.1, 0.15) is 5.75 Å². The number of methoxy groups -OCH3 is 1. The summed E-state index contributed by atoms with van der Waals surface area (Å²) in [6.45, 7) is 9.52.